The van der Waals surface area contributed by atoms with Crippen LogP contribution in [0.15, 0.2) is 30.3 Å². The number of amides is 2. The van der Waals surface area contributed by atoms with Crippen molar-refractivity contribution in [1.29, 1.82) is 0 Å². The van der Waals surface area contributed by atoms with Gasteiger partial charge in [0, 0.05) is 13.0 Å². The third-order valence-corrected chi connectivity index (χ3v) is 3.96. The molecule has 1 fully saturated rings. The van der Waals surface area contributed by atoms with E-state index in [1.165, 1.54) is 4.90 Å². The molecule has 0 spiro atoms. The third kappa shape index (κ3) is 4.47. The molecule has 2 atom stereocenters. The molecule has 7 nitrogen and oxygen atoms in total. The molecule has 1 saturated heterocycles. The zero-order chi connectivity index (χ0) is 17.5. The fourth-order valence-corrected chi connectivity index (χ4v) is 2.78. The van der Waals surface area contributed by atoms with Gasteiger partial charge in [-0.05, 0) is 25.3 Å². The largest absolute Gasteiger partial charge is 0.480 e. The van der Waals surface area contributed by atoms with Gasteiger partial charge in [0.25, 0.3) is 0 Å². The Kier molecular flexibility index (Phi) is 6.17. The van der Waals surface area contributed by atoms with E-state index < -0.39 is 30.1 Å². The summed E-state index contributed by atoms with van der Waals surface area (Å²) in [5, 5.41) is 11.9. The Hall–Kier alpha value is -2.57. The molecule has 1 aliphatic rings. The van der Waals surface area contributed by atoms with Gasteiger partial charge < -0.3 is 15.2 Å². The predicted molar refractivity (Wildman–Crippen MR) is 86.5 cm³/mol. The molecular weight excluding hydrogens is 312 g/mol. The standard InChI is InChI=1S/C17H22N2O5/c1-2-24-17(23)19-10-6-9-14(19)15(20)18-13(16(21)22)11-12-7-4-3-5-8-12/h3-5,7-8,13-14H,2,6,9-11H2,1H3,(H,18,20)(H,21,22)/t13-,14-/m0/s1. The van der Waals surface area contributed by atoms with Gasteiger partial charge in [0.2, 0.25) is 5.91 Å². The topological polar surface area (TPSA) is 95.9 Å². The minimum Gasteiger partial charge on any atom is -0.480 e. The van der Waals surface area contributed by atoms with Crippen LogP contribution in [0.5, 0.6) is 0 Å². The zero-order valence-electron chi connectivity index (χ0n) is 13.6. The lowest BCUT2D eigenvalue weighted by Crippen LogP contribution is -2.51. The number of ether oxygens (including phenoxy) is 1. The van der Waals surface area contributed by atoms with Crippen molar-refractivity contribution in [2.24, 2.45) is 0 Å². The third-order valence-electron chi connectivity index (χ3n) is 3.96. The predicted octanol–water partition coefficient (Wildman–Crippen LogP) is 1.42. The van der Waals surface area contributed by atoms with Crippen LogP contribution in [0.4, 0.5) is 4.79 Å². The molecule has 2 rings (SSSR count). The summed E-state index contributed by atoms with van der Waals surface area (Å²) in [5.74, 6) is -1.56. The van der Waals surface area contributed by atoms with Crippen molar-refractivity contribution in [3.63, 3.8) is 0 Å². The first kappa shape index (κ1) is 17.8. The lowest BCUT2D eigenvalue weighted by molar-refractivity contribution is -0.142. The van der Waals surface area contributed by atoms with Crippen molar-refractivity contribution >= 4 is 18.0 Å². The minimum absolute atomic E-state index is 0.189. The van der Waals surface area contributed by atoms with Crippen molar-refractivity contribution in [3.05, 3.63) is 35.9 Å². The lowest BCUT2D eigenvalue weighted by atomic mass is 10.1. The van der Waals surface area contributed by atoms with E-state index in [9.17, 15) is 19.5 Å². The first-order valence-electron chi connectivity index (χ1n) is 8.03. The van der Waals surface area contributed by atoms with Gasteiger partial charge in [-0.2, -0.15) is 0 Å². The fraction of sp³-hybridized carbons (Fsp3) is 0.471. The summed E-state index contributed by atoms with van der Waals surface area (Å²) in [6.07, 6.45) is 0.842. The Morgan fingerprint density at radius 3 is 2.67 bits per heavy atom. The number of carbonyl (C=O) groups is 3. The van der Waals surface area contributed by atoms with Crippen LogP contribution >= 0.6 is 0 Å². The first-order valence-corrected chi connectivity index (χ1v) is 8.03. The normalized spacial score (nSPS) is 18.0. The number of hydrogen-bond acceptors (Lipinski definition) is 4. The molecule has 2 N–H and O–H groups in total. The summed E-state index contributed by atoms with van der Waals surface area (Å²) in [7, 11) is 0. The molecule has 0 bridgehead atoms. The molecular formula is C17H22N2O5. The summed E-state index contributed by atoms with van der Waals surface area (Å²) in [6.45, 7) is 2.37. The van der Waals surface area contributed by atoms with Crippen LogP contribution < -0.4 is 5.32 Å². The maximum Gasteiger partial charge on any atom is 0.410 e. The summed E-state index contributed by atoms with van der Waals surface area (Å²) in [5.41, 5.74) is 0.818. The van der Waals surface area contributed by atoms with Crippen molar-refractivity contribution in [1.82, 2.24) is 10.2 Å². The van der Waals surface area contributed by atoms with Gasteiger partial charge in [-0.1, -0.05) is 30.3 Å². The van der Waals surface area contributed by atoms with Crippen LogP contribution in [0.1, 0.15) is 25.3 Å². The summed E-state index contributed by atoms with van der Waals surface area (Å²) >= 11 is 0. The Balaban J connectivity index is 2.02. The van der Waals surface area contributed by atoms with Gasteiger partial charge in [-0.25, -0.2) is 9.59 Å². The molecule has 1 aromatic rings. The van der Waals surface area contributed by atoms with E-state index in [1.807, 2.05) is 30.3 Å². The number of carbonyl (C=O) groups excluding carboxylic acids is 2. The second-order valence-electron chi connectivity index (χ2n) is 5.64. The van der Waals surface area contributed by atoms with E-state index in [2.05, 4.69) is 5.32 Å². The maximum atomic E-state index is 12.4. The van der Waals surface area contributed by atoms with E-state index in [-0.39, 0.29) is 13.0 Å². The fourth-order valence-electron chi connectivity index (χ4n) is 2.78. The Morgan fingerprint density at radius 2 is 2.04 bits per heavy atom. The second kappa shape index (κ2) is 8.33. The molecule has 1 heterocycles. The second-order valence-corrected chi connectivity index (χ2v) is 5.64. The molecule has 0 unspecified atom stereocenters. The molecule has 7 heteroatoms. The Bertz CT molecular complexity index is 590. The number of aliphatic carboxylic acids is 1. The van der Waals surface area contributed by atoms with Gasteiger partial charge in [0.15, 0.2) is 0 Å². The highest BCUT2D eigenvalue weighted by atomic mass is 16.6. The van der Waals surface area contributed by atoms with Crippen molar-refractivity contribution in [2.45, 2.75) is 38.3 Å². The van der Waals surface area contributed by atoms with E-state index in [0.717, 1.165) is 5.56 Å². The molecule has 2 amide bonds. The Morgan fingerprint density at radius 1 is 1.33 bits per heavy atom. The van der Waals surface area contributed by atoms with E-state index >= 15 is 0 Å². The van der Waals surface area contributed by atoms with Crippen LogP contribution in [0.25, 0.3) is 0 Å². The number of benzene rings is 1. The summed E-state index contributed by atoms with van der Waals surface area (Å²) in [6, 6.07) is 7.37. The number of nitrogens with one attached hydrogen (secondary N) is 1. The van der Waals surface area contributed by atoms with Crippen molar-refractivity contribution in [3.8, 4) is 0 Å². The monoisotopic (exact) mass is 334 g/mol. The number of likely N-dealkylation sites (tertiary alicyclic amines) is 1. The smallest absolute Gasteiger partial charge is 0.410 e. The molecule has 0 radical (unpaired) electrons. The van der Waals surface area contributed by atoms with E-state index in [1.54, 1.807) is 6.92 Å². The molecule has 0 aromatic heterocycles. The SMILES string of the molecule is CCOC(=O)N1CCC[C@H]1C(=O)N[C@@H](Cc1ccccc1)C(=O)O. The average Bonchev–Trinajstić information content (AvgIpc) is 3.05. The Labute approximate surface area is 140 Å². The zero-order valence-corrected chi connectivity index (χ0v) is 13.6. The number of carboxylic acid groups (broad SMARTS) is 1. The first-order chi connectivity index (χ1) is 11.5. The molecule has 0 aliphatic carbocycles. The van der Waals surface area contributed by atoms with Gasteiger partial charge in [-0.15, -0.1) is 0 Å². The molecule has 130 valence electrons. The highest BCUT2D eigenvalue weighted by Crippen LogP contribution is 2.19. The average molecular weight is 334 g/mol. The summed E-state index contributed by atoms with van der Waals surface area (Å²) in [4.78, 5) is 37.1. The summed E-state index contributed by atoms with van der Waals surface area (Å²) < 4.78 is 4.94. The highest BCUT2D eigenvalue weighted by Gasteiger charge is 2.36. The van der Waals surface area contributed by atoms with Crippen LogP contribution in [-0.2, 0) is 20.7 Å². The maximum absolute atomic E-state index is 12.4. The number of nitrogens with zero attached hydrogens (tertiary/aromatic N) is 1. The van der Waals surface area contributed by atoms with E-state index in [4.69, 9.17) is 4.74 Å². The van der Waals surface area contributed by atoms with Gasteiger partial charge in [0.05, 0.1) is 6.61 Å². The van der Waals surface area contributed by atoms with Crippen molar-refractivity contribution in [2.75, 3.05) is 13.2 Å². The van der Waals surface area contributed by atoms with Gasteiger partial charge >= 0.3 is 12.1 Å². The van der Waals surface area contributed by atoms with Crippen LogP contribution in [-0.4, -0.2) is 53.2 Å². The number of carboxylic acids is 1. The molecule has 1 aliphatic heterocycles. The highest BCUT2D eigenvalue weighted by molar-refractivity contribution is 5.89. The molecule has 1 aromatic carbocycles. The van der Waals surface area contributed by atoms with Crippen LogP contribution in [0, 0.1) is 0 Å². The van der Waals surface area contributed by atoms with Gasteiger partial charge in [-0.3, -0.25) is 9.69 Å². The lowest BCUT2D eigenvalue weighted by Gasteiger charge is -2.24. The number of hydrogen-bond donors (Lipinski definition) is 2. The van der Waals surface area contributed by atoms with Crippen LogP contribution in [0.2, 0.25) is 0 Å². The van der Waals surface area contributed by atoms with Gasteiger partial charge in [0.1, 0.15) is 12.1 Å². The number of rotatable bonds is 6. The molecule has 24 heavy (non-hydrogen) atoms. The quantitative estimate of drug-likeness (QED) is 0.820. The molecule has 0 saturated carbocycles. The van der Waals surface area contributed by atoms with E-state index in [0.29, 0.717) is 19.4 Å². The van der Waals surface area contributed by atoms with Crippen molar-refractivity contribution < 1.29 is 24.2 Å². The van der Waals surface area contributed by atoms with Crippen LogP contribution in [0.3, 0.4) is 0 Å². The minimum atomic E-state index is -1.10.